The number of aromatic amines is 1. The number of sulfonamides is 1. The Kier molecular flexibility index (Phi) is 6.69. The molecule has 0 aliphatic heterocycles. The SMILES string of the molecule is COc1ccc2nc([C@H](C)Nc3ncnc4[nH]cc(-c5cccc(NS(C)(=O)=O)c5)c34)n(-c3cc(F)cc(F)c3)c2n1. The van der Waals surface area contributed by atoms with Gasteiger partial charge in [0, 0.05) is 29.6 Å². The lowest BCUT2D eigenvalue weighted by atomic mass is 10.1. The summed E-state index contributed by atoms with van der Waals surface area (Å²) in [7, 11) is -2.00. The lowest BCUT2D eigenvalue weighted by Crippen LogP contribution is -2.14. The molecule has 6 rings (SSSR count). The Morgan fingerprint density at radius 2 is 1.81 bits per heavy atom. The minimum atomic E-state index is -3.47. The van der Waals surface area contributed by atoms with Gasteiger partial charge in [0.2, 0.25) is 15.9 Å². The molecule has 14 heteroatoms. The van der Waals surface area contributed by atoms with Crippen LogP contribution in [0.1, 0.15) is 18.8 Å². The summed E-state index contributed by atoms with van der Waals surface area (Å²) in [6, 6.07) is 13.0. The van der Waals surface area contributed by atoms with E-state index in [1.165, 1.54) is 25.6 Å². The lowest BCUT2D eigenvalue weighted by molar-refractivity contribution is 0.399. The second kappa shape index (κ2) is 10.4. The third-order valence-electron chi connectivity index (χ3n) is 6.51. The maximum atomic E-state index is 14.3. The molecule has 0 saturated carbocycles. The van der Waals surface area contributed by atoms with Crippen LogP contribution in [0.15, 0.2) is 67.1 Å². The third kappa shape index (κ3) is 5.19. The number of hydrogen-bond donors (Lipinski definition) is 3. The molecule has 0 aliphatic rings. The molecule has 0 spiro atoms. The van der Waals surface area contributed by atoms with Crippen LogP contribution < -0.4 is 14.8 Å². The fourth-order valence-corrected chi connectivity index (χ4v) is 5.37. The number of rotatable bonds is 8. The highest BCUT2D eigenvalue weighted by atomic mass is 32.2. The number of nitrogens with zero attached hydrogens (tertiary/aromatic N) is 5. The normalized spacial score (nSPS) is 12.5. The first kappa shape index (κ1) is 27.1. The lowest BCUT2D eigenvalue weighted by Gasteiger charge is -2.18. The highest BCUT2D eigenvalue weighted by molar-refractivity contribution is 7.92. The van der Waals surface area contributed by atoms with Crippen LogP contribution in [-0.4, -0.2) is 51.3 Å². The Morgan fingerprint density at radius 3 is 2.55 bits per heavy atom. The molecular weight excluding hydrogens is 566 g/mol. The van der Waals surface area contributed by atoms with E-state index >= 15 is 0 Å². The van der Waals surface area contributed by atoms with E-state index in [1.807, 2.05) is 13.0 Å². The van der Waals surface area contributed by atoms with Crippen molar-refractivity contribution in [3.8, 4) is 22.7 Å². The number of halogens is 2. The predicted octanol–water partition coefficient (Wildman–Crippen LogP) is 5.19. The van der Waals surface area contributed by atoms with Crippen LogP contribution in [0, 0.1) is 11.6 Å². The minimum Gasteiger partial charge on any atom is -0.481 e. The van der Waals surface area contributed by atoms with E-state index in [9.17, 15) is 17.2 Å². The van der Waals surface area contributed by atoms with Crippen molar-refractivity contribution in [1.82, 2.24) is 29.5 Å². The highest BCUT2D eigenvalue weighted by Crippen LogP contribution is 2.35. The van der Waals surface area contributed by atoms with Crippen LogP contribution in [0.4, 0.5) is 20.3 Å². The fourth-order valence-electron chi connectivity index (χ4n) is 4.82. The van der Waals surface area contributed by atoms with E-state index < -0.39 is 27.7 Å². The molecule has 4 heterocycles. The molecule has 42 heavy (non-hydrogen) atoms. The standard InChI is InChI=1S/C28H24F2N8O3S/c1-15(27-35-22-7-8-23(41-2)36-28(22)38(27)20-11-17(29)10-18(30)12-20)34-26-24-21(13-31-25(24)32-14-33-26)16-5-4-6-19(9-16)37-42(3,39)40/h4-15,37H,1-3H3,(H2,31,32,33,34)/t15-/m0/s1. The molecule has 1 atom stereocenters. The van der Waals surface area contributed by atoms with Gasteiger partial charge in [0.1, 0.15) is 40.8 Å². The summed E-state index contributed by atoms with van der Waals surface area (Å²) >= 11 is 0. The number of pyridine rings is 1. The molecule has 3 N–H and O–H groups in total. The summed E-state index contributed by atoms with van der Waals surface area (Å²) in [4.78, 5) is 21.2. The number of hydrogen-bond acceptors (Lipinski definition) is 8. The Hall–Kier alpha value is -5.11. The molecule has 11 nitrogen and oxygen atoms in total. The van der Waals surface area contributed by atoms with Gasteiger partial charge in [-0.15, -0.1) is 0 Å². The first-order chi connectivity index (χ1) is 20.1. The van der Waals surface area contributed by atoms with Crippen LogP contribution in [0.5, 0.6) is 5.88 Å². The van der Waals surface area contributed by atoms with Gasteiger partial charge in [-0.1, -0.05) is 12.1 Å². The van der Waals surface area contributed by atoms with Crippen molar-refractivity contribution in [2.45, 2.75) is 13.0 Å². The van der Waals surface area contributed by atoms with Gasteiger partial charge in [-0.2, -0.15) is 4.98 Å². The van der Waals surface area contributed by atoms with Gasteiger partial charge in [0.05, 0.1) is 30.5 Å². The van der Waals surface area contributed by atoms with Crippen molar-refractivity contribution in [2.24, 2.45) is 0 Å². The van der Waals surface area contributed by atoms with Crippen LogP contribution in [0.25, 0.3) is 39.0 Å². The number of H-pyrrole nitrogens is 1. The van der Waals surface area contributed by atoms with Gasteiger partial charge in [-0.05, 0) is 42.8 Å². The number of anilines is 2. The molecule has 0 amide bonds. The topological polar surface area (TPSA) is 140 Å². The summed E-state index contributed by atoms with van der Waals surface area (Å²) in [5.41, 5.74) is 3.45. The molecular formula is C28H24F2N8O3S. The molecule has 2 aromatic carbocycles. The van der Waals surface area contributed by atoms with Gasteiger partial charge < -0.3 is 15.0 Å². The number of nitrogens with one attached hydrogen (secondary N) is 3. The van der Waals surface area contributed by atoms with E-state index in [-0.39, 0.29) is 5.69 Å². The monoisotopic (exact) mass is 590 g/mol. The largest absolute Gasteiger partial charge is 0.481 e. The molecule has 0 bridgehead atoms. The second-order valence-corrected chi connectivity index (χ2v) is 11.3. The molecule has 6 aromatic rings. The van der Waals surface area contributed by atoms with Crippen LogP contribution in [-0.2, 0) is 10.0 Å². The van der Waals surface area contributed by atoms with Gasteiger partial charge in [0.25, 0.3) is 0 Å². The number of imidazole rings is 1. The number of methoxy groups -OCH3 is 1. The summed E-state index contributed by atoms with van der Waals surface area (Å²) in [6.45, 7) is 1.83. The molecule has 4 aromatic heterocycles. The minimum absolute atomic E-state index is 0.199. The van der Waals surface area contributed by atoms with E-state index in [4.69, 9.17) is 9.72 Å². The number of fused-ring (bicyclic) bond motifs is 2. The van der Waals surface area contributed by atoms with Gasteiger partial charge in [-0.3, -0.25) is 9.29 Å². The first-order valence-electron chi connectivity index (χ1n) is 12.7. The zero-order valence-corrected chi connectivity index (χ0v) is 23.4. The van der Waals surface area contributed by atoms with Crippen LogP contribution in [0.3, 0.4) is 0 Å². The predicted molar refractivity (Wildman–Crippen MR) is 155 cm³/mol. The summed E-state index contributed by atoms with van der Waals surface area (Å²) < 4.78 is 61.5. The second-order valence-electron chi connectivity index (χ2n) is 9.60. The maximum Gasteiger partial charge on any atom is 0.229 e. The van der Waals surface area contributed by atoms with Crippen molar-refractivity contribution in [2.75, 3.05) is 23.4 Å². The molecule has 0 unspecified atom stereocenters. The van der Waals surface area contributed by atoms with Crippen molar-refractivity contribution < 1.29 is 21.9 Å². The molecule has 0 fully saturated rings. The van der Waals surface area contributed by atoms with Crippen LogP contribution in [0.2, 0.25) is 0 Å². The number of benzene rings is 2. The van der Waals surface area contributed by atoms with E-state index in [0.717, 1.165) is 23.4 Å². The Labute approximate surface area is 238 Å². The third-order valence-corrected chi connectivity index (χ3v) is 7.11. The van der Waals surface area contributed by atoms with E-state index in [0.29, 0.717) is 45.4 Å². The first-order valence-corrected chi connectivity index (χ1v) is 14.6. The fraction of sp³-hybridized carbons (Fsp3) is 0.143. The Bertz CT molecular complexity index is 2060. The summed E-state index contributed by atoms with van der Waals surface area (Å²) in [5.74, 6) is -0.305. The van der Waals surface area contributed by atoms with Gasteiger partial charge in [0.15, 0.2) is 5.65 Å². The van der Waals surface area contributed by atoms with Crippen molar-refractivity contribution in [3.05, 3.63) is 84.6 Å². The Morgan fingerprint density at radius 1 is 1.02 bits per heavy atom. The zero-order valence-electron chi connectivity index (χ0n) is 22.6. The van der Waals surface area contributed by atoms with Crippen molar-refractivity contribution >= 4 is 43.7 Å². The smallest absolute Gasteiger partial charge is 0.229 e. The van der Waals surface area contributed by atoms with Crippen molar-refractivity contribution in [3.63, 3.8) is 0 Å². The van der Waals surface area contributed by atoms with Crippen molar-refractivity contribution in [1.29, 1.82) is 0 Å². The molecule has 214 valence electrons. The van der Waals surface area contributed by atoms with Crippen LogP contribution >= 0.6 is 0 Å². The average Bonchev–Trinajstić information content (AvgIpc) is 3.54. The number of ether oxygens (including phenoxy) is 1. The molecule has 0 aliphatic carbocycles. The summed E-state index contributed by atoms with van der Waals surface area (Å²) in [6.07, 6.45) is 4.24. The van der Waals surface area contributed by atoms with E-state index in [1.54, 1.807) is 41.1 Å². The van der Waals surface area contributed by atoms with Gasteiger partial charge in [-0.25, -0.2) is 32.2 Å². The number of aromatic nitrogens is 6. The van der Waals surface area contributed by atoms with Gasteiger partial charge >= 0.3 is 0 Å². The van der Waals surface area contributed by atoms with E-state index in [2.05, 4.69) is 30.0 Å². The maximum absolute atomic E-state index is 14.3. The average molecular weight is 591 g/mol. The highest BCUT2D eigenvalue weighted by Gasteiger charge is 2.23. The zero-order chi connectivity index (χ0) is 29.6. The quantitative estimate of drug-likeness (QED) is 0.220. The molecule has 0 saturated heterocycles. The molecule has 0 radical (unpaired) electrons. The summed E-state index contributed by atoms with van der Waals surface area (Å²) in [5, 5.41) is 4.02. The Balaban J connectivity index is 1.46.